The van der Waals surface area contributed by atoms with Gasteiger partial charge in [0.15, 0.2) is 9.84 Å². The van der Waals surface area contributed by atoms with E-state index < -0.39 is 15.3 Å². The first-order valence-electron chi connectivity index (χ1n) is 6.20. The van der Waals surface area contributed by atoms with Gasteiger partial charge < -0.3 is 11.1 Å². The average Bonchev–Trinajstić information content (AvgIpc) is 2.27. The maximum absolute atomic E-state index is 12.2. The lowest BCUT2D eigenvalue weighted by Gasteiger charge is -2.39. The van der Waals surface area contributed by atoms with Crippen molar-refractivity contribution in [2.24, 2.45) is 11.1 Å². The minimum Gasteiger partial charge on any atom is -0.329 e. The Kier molecular flexibility index (Phi) is 3.64. The van der Waals surface area contributed by atoms with Crippen molar-refractivity contribution >= 4 is 21.4 Å². The monoisotopic (exact) mass is 282 g/mol. The zero-order chi connectivity index (χ0) is 14.1. The predicted octanol–water partition coefficient (Wildman–Crippen LogP) is 1.16. The van der Waals surface area contributed by atoms with Gasteiger partial charge in [0.25, 0.3) is 0 Å². The Hall–Kier alpha value is -1.40. The van der Waals surface area contributed by atoms with E-state index in [1.807, 2.05) is 0 Å². The molecule has 1 amide bonds. The van der Waals surface area contributed by atoms with Crippen molar-refractivity contribution in [3.8, 4) is 0 Å². The number of sulfone groups is 1. The minimum atomic E-state index is -3.37. The number of rotatable bonds is 4. The van der Waals surface area contributed by atoms with Crippen LogP contribution >= 0.6 is 0 Å². The summed E-state index contributed by atoms with van der Waals surface area (Å²) >= 11 is 0. The summed E-state index contributed by atoms with van der Waals surface area (Å²) in [5, 5.41) is 2.71. The third kappa shape index (κ3) is 2.64. The molecule has 0 spiro atoms. The molecule has 0 atom stereocenters. The van der Waals surface area contributed by atoms with E-state index in [2.05, 4.69) is 5.32 Å². The molecule has 0 saturated heterocycles. The van der Waals surface area contributed by atoms with E-state index in [9.17, 15) is 13.2 Å². The Balaban J connectivity index is 2.27. The zero-order valence-electron chi connectivity index (χ0n) is 10.8. The highest BCUT2D eigenvalue weighted by molar-refractivity contribution is 7.90. The summed E-state index contributed by atoms with van der Waals surface area (Å²) in [5.74, 6) is -0.183. The molecule has 19 heavy (non-hydrogen) atoms. The Labute approximate surface area is 113 Å². The van der Waals surface area contributed by atoms with Crippen LogP contribution in [-0.2, 0) is 14.6 Å². The molecule has 0 aliphatic heterocycles. The van der Waals surface area contributed by atoms with Gasteiger partial charge in [0, 0.05) is 12.8 Å². The van der Waals surface area contributed by atoms with Gasteiger partial charge in [-0.25, -0.2) is 8.42 Å². The molecule has 0 radical (unpaired) electrons. The summed E-state index contributed by atoms with van der Waals surface area (Å²) in [6.07, 6.45) is 3.63. The molecule has 1 aliphatic rings. The van der Waals surface area contributed by atoms with Crippen molar-refractivity contribution in [3.05, 3.63) is 24.3 Å². The molecule has 104 valence electrons. The molecule has 2 rings (SSSR count). The predicted molar refractivity (Wildman–Crippen MR) is 73.5 cm³/mol. The Morgan fingerprint density at radius 2 is 2.00 bits per heavy atom. The third-order valence-electron chi connectivity index (χ3n) is 3.72. The Bertz CT molecular complexity index is 586. The SMILES string of the molecule is CS(=O)(=O)c1ccccc1NC(=O)C1(CN)CCC1. The van der Waals surface area contributed by atoms with Crippen molar-refractivity contribution in [2.75, 3.05) is 18.1 Å². The molecule has 1 fully saturated rings. The van der Waals surface area contributed by atoms with Crippen LogP contribution in [0.1, 0.15) is 19.3 Å². The summed E-state index contributed by atoms with van der Waals surface area (Å²) < 4.78 is 23.3. The molecular weight excluding hydrogens is 264 g/mol. The number of carbonyl (C=O) groups is 1. The van der Waals surface area contributed by atoms with Crippen molar-refractivity contribution in [3.63, 3.8) is 0 Å². The second-order valence-corrected chi connectivity index (χ2v) is 7.04. The van der Waals surface area contributed by atoms with E-state index in [1.165, 1.54) is 6.07 Å². The van der Waals surface area contributed by atoms with Gasteiger partial charge in [-0.05, 0) is 25.0 Å². The van der Waals surface area contributed by atoms with Crippen molar-refractivity contribution < 1.29 is 13.2 Å². The van der Waals surface area contributed by atoms with Gasteiger partial charge >= 0.3 is 0 Å². The quantitative estimate of drug-likeness (QED) is 0.867. The lowest BCUT2D eigenvalue weighted by molar-refractivity contribution is -0.129. The molecule has 1 aliphatic carbocycles. The van der Waals surface area contributed by atoms with Crippen LogP contribution in [0.5, 0.6) is 0 Å². The van der Waals surface area contributed by atoms with Crippen molar-refractivity contribution in [1.29, 1.82) is 0 Å². The fraction of sp³-hybridized carbons (Fsp3) is 0.462. The third-order valence-corrected chi connectivity index (χ3v) is 4.87. The fourth-order valence-electron chi connectivity index (χ4n) is 2.28. The molecule has 0 aromatic heterocycles. The number of benzene rings is 1. The zero-order valence-corrected chi connectivity index (χ0v) is 11.7. The summed E-state index contributed by atoms with van der Waals surface area (Å²) in [6.45, 7) is 0.292. The number of hydrogen-bond acceptors (Lipinski definition) is 4. The number of para-hydroxylation sites is 1. The van der Waals surface area contributed by atoms with Crippen LogP contribution in [0.25, 0.3) is 0 Å². The fourth-order valence-corrected chi connectivity index (χ4v) is 3.12. The van der Waals surface area contributed by atoms with E-state index in [1.54, 1.807) is 18.2 Å². The first kappa shape index (κ1) is 14.0. The van der Waals surface area contributed by atoms with Gasteiger partial charge in [-0.3, -0.25) is 4.79 Å². The molecule has 0 heterocycles. The number of hydrogen-bond donors (Lipinski definition) is 2. The number of nitrogens with two attached hydrogens (primary N) is 1. The van der Waals surface area contributed by atoms with Crippen LogP contribution in [0, 0.1) is 5.41 Å². The average molecular weight is 282 g/mol. The highest BCUT2D eigenvalue weighted by atomic mass is 32.2. The van der Waals surface area contributed by atoms with E-state index in [4.69, 9.17) is 5.73 Å². The molecule has 1 saturated carbocycles. The molecule has 0 unspecified atom stereocenters. The lowest BCUT2D eigenvalue weighted by Crippen LogP contribution is -2.47. The molecule has 3 N–H and O–H groups in total. The first-order chi connectivity index (χ1) is 8.89. The van der Waals surface area contributed by atoms with Crippen LogP contribution in [0.4, 0.5) is 5.69 Å². The Morgan fingerprint density at radius 1 is 1.37 bits per heavy atom. The van der Waals surface area contributed by atoms with Gasteiger partial charge in [0.1, 0.15) is 0 Å². The normalized spacial score (nSPS) is 17.6. The summed E-state index contributed by atoms with van der Waals surface area (Å²) in [7, 11) is -3.37. The number of amides is 1. The van der Waals surface area contributed by atoms with Crippen molar-refractivity contribution in [2.45, 2.75) is 24.2 Å². The second-order valence-electron chi connectivity index (χ2n) is 5.06. The minimum absolute atomic E-state index is 0.134. The van der Waals surface area contributed by atoms with Crippen LogP contribution in [0.15, 0.2) is 29.2 Å². The molecule has 6 heteroatoms. The molecule has 0 bridgehead atoms. The highest BCUT2D eigenvalue weighted by Crippen LogP contribution is 2.41. The van der Waals surface area contributed by atoms with Gasteiger partial charge in [-0.2, -0.15) is 0 Å². The topological polar surface area (TPSA) is 89.3 Å². The van der Waals surface area contributed by atoms with Crippen LogP contribution in [0.2, 0.25) is 0 Å². The van der Waals surface area contributed by atoms with Crippen LogP contribution in [-0.4, -0.2) is 27.1 Å². The molecule has 1 aromatic rings. The number of nitrogens with one attached hydrogen (secondary N) is 1. The van der Waals surface area contributed by atoms with Gasteiger partial charge in [0.2, 0.25) is 5.91 Å². The van der Waals surface area contributed by atoms with Gasteiger partial charge in [-0.1, -0.05) is 18.6 Å². The standard InChI is InChI=1S/C13H18N2O3S/c1-19(17,18)11-6-3-2-5-10(11)15-12(16)13(9-14)7-4-8-13/h2-3,5-6H,4,7-9,14H2,1H3,(H,15,16). The first-order valence-corrected chi connectivity index (χ1v) is 8.09. The molecule has 1 aromatic carbocycles. The van der Waals surface area contributed by atoms with Gasteiger partial charge in [0.05, 0.1) is 16.0 Å². The van der Waals surface area contributed by atoms with Crippen molar-refractivity contribution in [1.82, 2.24) is 0 Å². The summed E-state index contributed by atoms with van der Waals surface area (Å²) in [5.41, 5.74) is 5.47. The Morgan fingerprint density at radius 3 is 2.47 bits per heavy atom. The lowest BCUT2D eigenvalue weighted by atomic mass is 9.68. The van der Waals surface area contributed by atoms with Gasteiger partial charge in [-0.15, -0.1) is 0 Å². The maximum Gasteiger partial charge on any atom is 0.231 e. The van der Waals surface area contributed by atoms with E-state index in [0.717, 1.165) is 25.5 Å². The molecular formula is C13H18N2O3S. The van der Waals surface area contributed by atoms with E-state index >= 15 is 0 Å². The van der Waals surface area contributed by atoms with Crippen LogP contribution in [0.3, 0.4) is 0 Å². The number of anilines is 1. The summed E-state index contributed by atoms with van der Waals surface area (Å²) in [6, 6.07) is 6.41. The molecule has 5 nitrogen and oxygen atoms in total. The maximum atomic E-state index is 12.2. The van der Waals surface area contributed by atoms with E-state index in [-0.39, 0.29) is 10.8 Å². The second kappa shape index (κ2) is 4.94. The largest absolute Gasteiger partial charge is 0.329 e. The van der Waals surface area contributed by atoms with Crippen LogP contribution < -0.4 is 11.1 Å². The smallest absolute Gasteiger partial charge is 0.231 e. The number of carbonyl (C=O) groups excluding carboxylic acids is 1. The van der Waals surface area contributed by atoms with E-state index in [0.29, 0.717) is 12.2 Å². The highest BCUT2D eigenvalue weighted by Gasteiger charge is 2.43. The summed E-state index contributed by atoms with van der Waals surface area (Å²) in [4.78, 5) is 12.4.